The van der Waals surface area contributed by atoms with Crippen LogP contribution in [0.5, 0.6) is 0 Å². The molecule has 17 heavy (non-hydrogen) atoms. The fraction of sp³-hybridized carbons (Fsp3) is 0.556. The smallest absolute Gasteiger partial charge is 0.331 e. The third kappa shape index (κ3) is 9.66. The van der Waals surface area contributed by atoms with Gasteiger partial charge >= 0.3 is 7.82 Å². The van der Waals surface area contributed by atoms with Crippen LogP contribution in [0, 0.1) is 0 Å². The topological polar surface area (TPSA) is 54.0 Å². The number of allylic oxidation sites excluding steroid dienone is 2. The molecule has 0 aliphatic heterocycles. The summed E-state index contributed by atoms with van der Waals surface area (Å²) in [6.45, 7) is 7.82. The van der Waals surface area contributed by atoms with E-state index in [1.165, 1.54) is 7.11 Å². The van der Waals surface area contributed by atoms with Crippen molar-refractivity contribution >= 4 is 27.3 Å². The molecule has 0 saturated carbocycles. The van der Waals surface area contributed by atoms with Crippen molar-refractivity contribution in [3.8, 4) is 0 Å². The second kappa shape index (κ2) is 8.99. The van der Waals surface area contributed by atoms with Gasteiger partial charge in [0.25, 0.3) is 0 Å². The van der Waals surface area contributed by atoms with Gasteiger partial charge in [-0.15, -0.1) is 4.67 Å². The van der Waals surface area contributed by atoms with E-state index in [4.69, 9.17) is 8.43 Å². The maximum atomic E-state index is 12.0. The maximum absolute atomic E-state index is 12.0. The van der Waals surface area contributed by atoms with Gasteiger partial charge in [-0.1, -0.05) is 22.5 Å². The van der Waals surface area contributed by atoms with Crippen LogP contribution in [0.2, 0.25) is 0 Å². The van der Waals surface area contributed by atoms with Gasteiger partial charge < -0.3 is 8.43 Å². The van der Waals surface area contributed by atoms with Crippen LogP contribution in [0.1, 0.15) is 27.7 Å². The molecule has 0 amide bonds. The summed E-state index contributed by atoms with van der Waals surface area (Å²) in [7, 11) is -4.36. The van der Waals surface area contributed by atoms with E-state index in [1.807, 2.05) is 39.1 Å². The third-order valence-corrected chi connectivity index (χ3v) is 7.63. The molecule has 0 unspecified atom stereocenters. The molecule has 100 valence electrons. The zero-order valence-electron chi connectivity index (χ0n) is 11.1. The molecular weight excluding hydrogens is 275 g/mol. The van der Waals surface area contributed by atoms with Gasteiger partial charge in [-0.05, 0) is 27.7 Å². The fourth-order valence-electron chi connectivity index (χ4n) is 0.762. The molecule has 0 bridgehead atoms. The van der Waals surface area contributed by atoms with Crippen LogP contribution in [0.15, 0.2) is 22.5 Å². The molecule has 0 aliphatic rings. The second-order valence-corrected chi connectivity index (χ2v) is 8.44. The van der Waals surface area contributed by atoms with E-state index in [-0.39, 0.29) is 0 Å². The highest BCUT2D eigenvalue weighted by Gasteiger charge is 2.26. The van der Waals surface area contributed by atoms with Gasteiger partial charge in [-0.2, -0.15) is 0 Å². The number of hydrogen-bond donors (Lipinski definition) is 0. The normalized spacial score (nSPS) is 15.4. The molecule has 0 rings (SSSR count). The molecule has 0 fully saturated rings. The molecule has 5 nitrogen and oxygen atoms in total. The van der Waals surface area contributed by atoms with Crippen molar-refractivity contribution in [2.75, 3.05) is 7.11 Å². The highest BCUT2D eigenvalue weighted by Crippen LogP contribution is 2.48. The Balaban J connectivity index is 4.30. The Bertz CT molecular complexity index is 295. The number of rotatable bonds is 8. The van der Waals surface area contributed by atoms with Gasteiger partial charge in [-0.25, -0.2) is 9.45 Å². The Morgan fingerprint density at radius 2 is 1.41 bits per heavy atom. The van der Waals surface area contributed by atoms with Gasteiger partial charge in [0.2, 0.25) is 0 Å². The van der Waals surface area contributed by atoms with Gasteiger partial charge in [0, 0.05) is 0 Å². The zero-order valence-corrected chi connectivity index (χ0v) is 14.8. The lowest BCUT2D eigenvalue weighted by Crippen LogP contribution is -2.04. The van der Waals surface area contributed by atoms with Crippen LogP contribution < -0.4 is 0 Å². The molecular formula is C9H21O5PSi2. The van der Waals surface area contributed by atoms with Crippen LogP contribution in [0.4, 0.5) is 0 Å². The van der Waals surface area contributed by atoms with Crippen molar-refractivity contribution in [1.29, 1.82) is 0 Å². The van der Waals surface area contributed by atoms with E-state index in [1.54, 1.807) is 0 Å². The molecule has 0 spiro atoms. The van der Waals surface area contributed by atoms with Crippen LogP contribution in [0.3, 0.4) is 0 Å². The van der Waals surface area contributed by atoms with Gasteiger partial charge in [0.05, 0.1) is 7.11 Å². The SMILES string of the molecule is COOP(=O)(O[SiH2]C=C(C)C)O[SiH2]C=C(C)C. The van der Waals surface area contributed by atoms with E-state index in [2.05, 4.69) is 9.56 Å². The lowest BCUT2D eigenvalue weighted by atomic mass is 10.4. The van der Waals surface area contributed by atoms with E-state index in [0.717, 1.165) is 11.1 Å². The Morgan fingerprint density at radius 1 is 1.00 bits per heavy atom. The lowest BCUT2D eigenvalue weighted by molar-refractivity contribution is -0.192. The lowest BCUT2D eigenvalue weighted by Gasteiger charge is -2.14. The number of hydrogen-bond acceptors (Lipinski definition) is 5. The fourth-order valence-corrected chi connectivity index (χ4v) is 4.98. The first-order chi connectivity index (χ1) is 7.89. The van der Waals surface area contributed by atoms with Gasteiger partial charge in [0.1, 0.15) is 0 Å². The van der Waals surface area contributed by atoms with Crippen LogP contribution in [-0.2, 0) is 22.6 Å². The molecule has 8 heteroatoms. The van der Waals surface area contributed by atoms with Gasteiger partial charge in [-0.3, -0.25) is 0 Å². The standard InChI is InChI=1S/C9H21O5PSi2/c1-8(2)6-16-13-15(10,12-11-5)14-17-7-9(3)4/h6-7H,16-17H2,1-5H3. The van der Waals surface area contributed by atoms with Crippen molar-refractivity contribution in [3.63, 3.8) is 0 Å². The summed E-state index contributed by atoms with van der Waals surface area (Å²) >= 11 is 0. The molecule has 0 aromatic carbocycles. The van der Waals surface area contributed by atoms with E-state index >= 15 is 0 Å². The molecule has 0 aliphatic carbocycles. The Morgan fingerprint density at radius 3 is 1.71 bits per heavy atom. The largest absolute Gasteiger partial charge is 0.481 e. The molecule has 0 aromatic heterocycles. The van der Waals surface area contributed by atoms with Crippen LogP contribution in [-0.4, -0.2) is 26.6 Å². The van der Waals surface area contributed by atoms with Crippen molar-refractivity contribution in [2.45, 2.75) is 27.7 Å². The molecule has 0 aromatic rings. The summed E-state index contributed by atoms with van der Waals surface area (Å²) in [6, 6.07) is 0. The minimum Gasteiger partial charge on any atom is -0.331 e. The molecule has 0 atom stereocenters. The zero-order chi connectivity index (χ0) is 13.3. The highest BCUT2D eigenvalue weighted by atomic mass is 31.2. The summed E-state index contributed by atoms with van der Waals surface area (Å²) in [6.07, 6.45) is 0. The Kier molecular flexibility index (Phi) is 8.98. The average Bonchev–Trinajstić information content (AvgIpc) is 2.16. The van der Waals surface area contributed by atoms with E-state index < -0.39 is 27.3 Å². The van der Waals surface area contributed by atoms with E-state index in [9.17, 15) is 4.57 Å². The first kappa shape index (κ1) is 17.0. The Hall–Kier alpha value is -0.0162. The van der Waals surface area contributed by atoms with Gasteiger partial charge in [0.15, 0.2) is 19.5 Å². The quantitative estimate of drug-likeness (QED) is 0.295. The van der Waals surface area contributed by atoms with Crippen LogP contribution >= 0.6 is 7.82 Å². The molecule has 0 saturated heterocycles. The summed E-state index contributed by atoms with van der Waals surface area (Å²) in [4.78, 5) is 4.41. The predicted octanol–water partition coefficient (Wildman–Crippen LogP) is 1.72. The van der Waals surface area contributed by atoms with Crippen molar-refractivity contribution in [3.05, 3.63) is 22.5 Å². The maximum Gasteiger partial charge on any atom is 0.481 e. The third-order valence-electron chi connectivity index (χ3n) is 1.61. The minimum atomic E-state index is -3.52. The monoisotopic (exact) mass is 296 g/mol. The van der Waals surface area contributed by atoms with E-state index in [0.29, 0.717) is 0 Å². The van der Waals surface area contributed by atoms with Crippen molar-refractivity contribution < 1.29 is 22.6 Å². The molecule has 0 N–H and O–H groups in total. The Labute approximate surface area is 108 Å². The van der Waals surface area contributed by atoms with Crippen molar-refractivity contribution in [2.24, 2.45) is 0 Å². The highest BCUT2D eigenvalue weighted by molar-refractivity contribution is 7.50. The summed E-state index contributed by atoms with van der Waals surface area (Å²) in [5, 5.41) is 0. The van der Waals surface area contributed by atoms with Crippen molar-refractivity contribution in [1.82, 2.24) is 0 Å². The average molecular weight is 296 g/mol. The van der Waals surface area contributed by atoms with Crippen LogP contribution in [0.25, 0.3) is 0 Å². The first-order valence-corrected chi connectivity index (χ1v) is 9.52. The predicted molar refractivity (Wildman–Crippen MR) is 73.8 cm³/mol. The summed E-state index contributed by atoms with van der Waals surface area (Å²) in [5.74, 6) is 0. The molecule has 0 radical (unpaired) electrons. The minimum absolute atomic E-state index is 1.06. The number of phosphoric acid groups is 1. The summed E-state index contributed by atoms with van der Waals surface area (Å²) in [5.41, 5.74) is 6.11. The summed E-state index contributed by atoms with van der Waals surface area (Å²) < 4.78 is 27.0. The first-order valence-electron chi connectivity index (χ1n) is 5.28. The second-order valence-electron chi connectivity index (χ2n) is 3.84. The molecule has 0 heterocycles.